The molecule has 0 spiro atoms. The van der Waals surface area contributed by atoms with E-state index in [4.69, 9.17) is 4.74 Å². The van der Waals surface area contributed by atoms with Gasteiger partial charge in [0.05, 0.1) is 6.54 Å². The van der Waals surface area contributed by atoms with Crippen molar-refractivity contribution in [2.24, 2.45) is 5.92 Å². The van der Waals surface area contributed by atoms with E-state index in [-0.39, 0.29) is 5.91 Å². The molecule has 2 atom stereocenters. The number of carbonyl (C=O) groups excluding carboxylic acids is 1. The fraction of sp³-hybridized carbons (Fsp3) is 0.667. The molecule has 3 rings (SSSR count). The number of benzene rings is 1. The fourth-order valence-electron chi connectivity index (χ4n) is 3.97. The highest BCUT2D eigenvalue weighted by molar-refractivity contribution is 5.78. The van der Waals surface area contributed by atoms with E-state index in [0.29, 0.717) is 25.1 Å². The van der Waals surface area contributed by atoms with Crippen LogP contribution in [0.1, 0.15) is 32.6 Å². The number of rotatable bonds is 7. The highest BCUT2D eigenvalue weighted by Gasteiger charge is 2.24. The van der Waals surface area contributed by atoms with Crippen LogP contribution in [0.3, 0.4) is 0 Å². The first-order valence-corrected chi connectivity index (χ1v) is 10.1. The van der Waals surface area contributed by atoms with Gasteiger partial charge in [-0.05, 0) is 30.9 Å². The number of nitrogens with zero attached hydrogens (tertiary/aromatic N) is 2. The molecule has 2 aliphatic rings. The Bertz CT molecular complexity index is 543. The van der Waals surface area contributed by atoms with E-state index < -0.39 is 0 Å². The third kappa shape index (κ3) is 5.99. The third-order valence-corrected chi connectivity index (χ3v) is 5.71. The Morgan fingerprint density at radius 2 is 1.77 bits per heavy atom. The molecule has 1 aromatic carbocycles. The molecule has 2 unspecified atom stereocenters. The molecule has 1 aromatic rings. The summed E-state index contributed by atoms with van der Waals surface area (Å²) in [5.74, 6) is 1.75. The van der Waals surface area contributed by atoms with Gasteiger partial charge in [0.25, 0.3) is 0 Å². The van der Waals surface area contributed by atoms with Crippen LogP contribution in [0.15, 0.2) is 30.3 Å². The third-order valence-electron chi connectivity index (χ3n) is 5.71. The topological polar surface area (TPSA) is 44.8 Å². The van der Waals surface area contributed by atoms with Crippen molar-refractivity contribution in [1.29, 1.82) is 0 Å². The molecule has 1 heterocycles. The molecule has 1 N–H and O–H groups in total. The quantitative estimate of drug-likeness (QED) is 0.812. The smallest absolute Gasteiger partial charge is 0.234 e. The Hall–Kier alpha value is -1.59. The first-order chi connectivity index (χ1) is 12.7. The van der Waals surface area contributed by atoms with Crippen molar-refractivity contribution in [1.82, 2.24) is 15.1 Å². The van der Waals surface area contributed by atoms with Gasteiger partial charge in [0.1, 0.15) is 12.4 Å². The molecule has 0 radical (unpaired) electrons. The lowest BCUT2D eigenvalue weighted by Crippen LogP contribution is -2.51. The second-order valence-electron chi connectivity index (χ2n) is 7.72. The minimum absolute atomic E-state index is 0.199. The summed E-state index contributed by atoms with van der Waals surface area (Å²) in [6, 6.07) is 10.3. The Morgan fingerprint density at radius 1 is 1.08 bits per heavy atom. The first-order valence-electron chi connectivity index (χ1n) is 10.1. The summed E-state index contributed by atoms with van der Waals surface area (Å²) in [4.78, 5) is 17.0. The number of carbonyl (C=O) groups is 1. The fourth-order valence-corrected chi connectivity index (χ4v) is 3.97. The van der Waals surface area contributed by atoms with Crippen LogP contribution in [0.2, 0.25) is 0 Å². The molecule has 1 saturated carbocycles. The number of ether oxygens (including phenoxy) is 1. The molecule has 0 bridgehead atoms. The second-order valence-corrected chi connectivity index (χ2v) is 7.72. The normalized spacial score (nSPS) is 25.0. The van der Waals surface area contributed by atoms with Crippen molar-refractivity contribution in [2.75, 3.05) is 45.9 Å². The SMILES string of the molecule is CC1CCCCC1NC(=O)CN1CCN(CCOc2ccccc2)CC1. The van der Waals surface area contributed by atoms with Crippen molar-refractivity contribution in [3.8, 4) is 5.75 Å². The summed E-state index contributed by atoms with van der Waals surface area (Å²) >= 11 is 0. The van der Waals surface area contributed by atoms with E-state index in [9.17, 15) is 4.79 Å². The van der Waals surface area contributed by atoms with E-state index in [1.54, 1.807) is 0 Å². The predicted molar refractivity (Wildman–Crippen MR) is 104 cm³/mol. The first kappa shape index (κ1) is 19.2. The van der Waals surface area contributed by atoms with Crippen LogP contribution in [0.4, 0.5) is 0 Å². The van der Waals surface area contributed by atoms with Gasteiger partial charge in [-0.3, -0.25) is 14.6 Å². The molecule has 5 nitrogen and oxygen atoms in total. The van der Waals surface area contributed by atoms with Crippen molar-refractivity contribution in [2.45, 2.75) is 38.6 Å². The summed E-state index contributed by atoms with van der Waals surface area (Å²) in [7, 11) is 0. The highest BCUT2D eigenvalue weighted by atomic mass is 16.5. The van der Waals surface area contributed by atoms with E-state index in [1.165, 1.54) is 19.3 Å². The average Bonchev–Trinajstić information content (AvgIpc) is 2.66. The monoisotopic (exact) mass is 359 g/mol. The van der Waals surface area contributed by atoms with E-state index in [2.05, 4.69) is 22.0 Å². The number of hydrogen-bond donors (Lipinski definition) is 1. The molecule has 1 amide bonds. The van der Waals surface area contributed by atoms with Crippen LogP contribution in [0.5, 0.6) is 5.75 Å². The van der Waals surface area contributed by atoms with Crippen molar-refractivity contribution in [3.63, 3.8) is 0 Å². The Morgan fingerprint density at radius 3 is 2.50 bits per heavy atom. The molecule has 1 aliphatic carbocycles. The number of amides is 1. The van der Waals surface area contributed by atoms with Crippen LogP contribution in [0.25, 0.3) is 0 Å². The van der Waals surface area contributed by atoms with Gasteiger partial charge in [-0.2, -0.15) is 0 Å². The lowest BCUT2D eigenvalue weighted by molar-refractivity contribution is -0.124. The Labute approximate surface area is 157 Å². The van der Waals surface area contributed by atoms with Gasteiger partial charge < -0.3 is 10.1 Å². The second kappa shape index (κ2) is 9.93. The van der Waals surface area contributed by atoms with Gasteiger partial charge in [0, 0.05) is 38.8 Å². The average molecular weight is 360 g/mol. The predicted octanol–water partition coefficient (Wildman–Crippen LogP) is 2.38. The van der Waals surface area contributed by atoms with E-state index in [0.717, 1.165) is 44.9 Å². The largest absolute Gasteiger partial charge is 0.492 e. The number of para-hydroxylation sites is 1. The van der Waals surface area contributed by atoms with Crippen LogP contribution < -0.4 is 10.1 Å². The van der Waals surface area contributed by atoms with Crippen LogP contribution >= 0.6 is 0 Å². The summed E-state index contributed by atoms with van der Waals surface area (Å²) < 4.78 is 5.78. The molecular weight excluding hydrogens is 326 g/mol. The van der Waals surface area contributed by atoms with Gasteiger partial charge in [-0.1, -0.05) is 38.0 Å². The van der Waals surface area contributed by atoms with Crippen molar-refractivity contribution >= 4 is 5.91 Å². The van der Waals surface area contributed by atoms with Gasteiger partial charge in [0.2, 0.25) is 5.91 Å². The summed E-state index contributed by atoms with van der Waals surface area (Å²) in [5.41, 5.74) is 0. The zero-order chi connectivity index (χ0) is 18.2. The maximum Gasteiger partial charge on any atom is 0.234 e. The van der Waals surface area contributed by atoms with E-state index >= 15 is 0 Å². The molecule has 1 aliphatic heterocycles. The standard InChI is InChI=1S/C21H33N3O2/c1-18-7-5-6-10-20(18)22-21(25)17-24-13-11-23(12-14-24)15-16-26-19-8-3-2-4-9-19/h2-4,8-9,18,20H,5-7,10-17H2,1H3,(H,22,25). The molecule has 144 valence electrons. The summed E-state index contributed by atoms with van der Waals surface area (Å²) in [6.07, 6.45) is 4.94. The zero-order valence-corrected chi connectivity index (χ0v) is 16.0. The van der Waals surface area contributed by atoms with Crippen molar-refractivity contribution < 1.29 is 9.53 Å². The summed E-state index contributed by atoms with van der Waals surface area (Å²) in [6.45, 7) is 8.38. The maximum atomic E-state index is 12.3. The maximum absolute atomic E-state index is 12.3. The van der Waals surface area contributed by atoms with Gasteiger partial charge in [-0.15, -0.1) is 0 Å². The highest BCUT2D eigenvalue weighted by Crippen LogP contribution is 2.23. The van der Waals surface area contributed by atoms with Crippen molar-refractivity contribution in [3.05, 3.63) is 30.3 Å². The van der Waals surface area contributed by atoms with Crippen LogP contribution in [-0.4, -0.2) is 67.6 Å². The number of nitrogens with one attached hydrogen (secondary N) is 1. The van der Waals surface area contributed by atoms with E-state index in [1.807, 2.05) is 30.3 Å². The molecule has 2 fully saturated rings. The lowest BCUT2D eigenvalue weighted by atomic mass is 9.86. The number of piperazine rings is 1. The summed E-state index contributed by atoms with van der Waals surface area (Å²) in [5, 5.41) is 3.27. The molecule has 1 saturated heterocycles. The molecule has 5 heteroatoms. The van der Waals surface area contributed by atoms with Crippen LogP contribution in [-0.2, 0) is 4.79 Å². The van der Waals surface area contributed by atoms with Gasteiger partial charge >= 0.3 is 0 Å². The minimum atomic E-state index is 0.199. The lowest BCUT2D eigenvalue weighted by Gasteiger charge is -2.35. The minimum Gasteiger partial charge on any atom is -0.492 e. The van der Waals surface area contributed by atoms with Gasteiger partial charge in [-0.25, -0.2) is 0 Å². The van der Waals surface area contributed by atoms with Crippen LogP contribution in [0, 0.1) is 5.92 Å². The number of hydrogen-bond acceptors (Lipinski definition) is 4. The van der Waals surface area contributed by atoms with Gasteiger partial charge in [0.15, 0.2) is 0 Å². The molecule has 26 heavy (non-hydrogen) atoms. The molecular formula is C21H33N3O2. The zero-order valence-electron chi connectivity index (χ0n) is 16.0. The Balaban J connectivity index is 1.30. The Kier molecular flexibility index (Phi) is 7.32. The molecule has 0 aromatic heterocycles.